The molecule has 0 radical (unpaired) electrons. The van der Waals surface area contributed by atoms with E-state index in [2.05, 4.69) is 48.5 Å². The third kappa shape index (κ3) is 6.66. The quantitative estimate of drug-likeness (QED) is 0.758. The molecule has 0 rings (SSSR count). The van der Waals surface area contributed by atoms with Crippen molar-refractivity contribution >= 4 is 9.29 Å². The molecule has 0 saturated heterocycles. The Hall–Kier alpha value is -0.223. The van der Waals surface area contributed by atoms with E-state index in [-0.39, 0.29) is 0 Å². The first-order chi connectivity index (χ1) is 8.57. The van der Waals surface area contributed by atoms with Crippen molar-refractivity contribution in [2.45, 2.75) is 67.4 Å². The van der Waals surface area contributed by atoms with E-state index in [0.29, 0.717) is 29.6 Å². The van der Waals surface area contributed by atoms with Crippen molar-refractivity contribution < 1.29 is 14.0 Å². The van der Waals surface area contributed by atoms with Gasteiger partial charge in [-0.05, 0) is 36.5 Å². The number of rotatable bonds is 6. The van der Waals surface area contributed by atoms with Gasteiger partial charge < -0.3 is 5.11 Å². The van der Waals surface area contributed by atoms with E-state index in [4.69, 9.17) is 8.92 Å². The highest BCUT2D eigenvalue weighted by Gasteiger charge is 2.38. The second kappa shape index (κ2) is 9.64. The molecule has 0 aliphatic rings. The summed E-state index contributed by atoms with van der Waals surface area (Å²) in [4.78, 5) is 0. The van der Waals surface area contributed by atoms with E-state index in [0.717, 1.165) is 6.42 Å². The average Bonchev–Trinajstić information content (AvgIpc) is 2.35. The van der Waals surface area contributed by atoms with Gasteiger partial charge in [-0.1, -0.05) is 54.9 Å². The van der Waals surface area contributed by atoms with Crippen LogP contribution in [0.3, 0.4) is 0 Å². The molecule has 0 aromatic heterocycles. The summed E-state index contributed by atoms with van der Waals surface area (Å²) < 4.78 is 16.8. The molecule has 0 heterocycles. The van der Waals surface area contributed by atoms with Crippen LogP contribution in [0.25, 0.3) is 0 Å². The van der Waals surface area contributed by atoms with E-state index < -0.39 is 14.9 Å². The van der Waals surface area contributed by atoms with Gasteiger partial charge in [-0.3, -0.25) is 8.92 Å². The van der Waals surface area contributed by atoms with Crippen molar-refractivity contribution in [2.75, 3.05) is 0 Å². The van der Waals surface area contributed by atoms with Crippen LogP contribution in [0.5, 0.6) is 0 Å². The molecule has 5 unspecified atom stereocenters. The van der Waals surface area contributed by atoms with Gasteiger partial charge in [0.2, 0.25) is 0 Å². The molecule has 0 aromatic carbocycles. The Labute approximate surface area is 121 Å². The van der Waals surface area contributed by atoms with Crippen LogP contribution in [0.1, 0.15) is 61.8 Å². The number of hydrogen-bond acceptors (Lipinski definition) is 3. The molecule has 0 saturated carbocycles. The number of aliphatic hydroxyl groups is 1. The van der Waals surface area contributed by atoms with Crippen LogP contribution in [-0.2, 0) is 8.92 Å². The van der Waals surface area contributed by atoms with E-state index in [9.17, 15) is 5.11 Å². The van der Waals surface area contributed by atoms with Gasteiger partial charge in [-0.2, -0.15) is 0 Å². The van der Waals surface area contributed by atoms with Crippen molar-refractivity contribution in [3.63, 3.8) is 0 Å². The summed E-state index contributed by atoms with van der Waals surface area (Å²) in [5.41, 5.74) is -0.544. The van der Waals surface area contributed by atoms with E-state index in [1.807, 2.05) is 6.92 Å². The standard InChI is InChI=1S/C15H32O.O2Si/c1-9-11(4)15(8,16)14(7)13(6)12(5)10(2)3;1-3-2/h10-14,16H,9H2,1-8H3;. The van der Waals surface area contributed by atoms with Gasteiger partial charge in [0.05, 0.1) is 5.60 Å². The van der Waals surface area contributed by atoms with E-state index >= 15 is 0 Å². The van der Waals surface area contributed by atoms with Gasteiger partial charge in [0.1, 0.15) is 0 Å². The molecule has 4 heteroatoms. The molecule has 19 heavy (non-hydrogen) atoms. The average molecular weight is 289 g/mol. The van der Waals surface area contributed by atoms with E-state index in [1.165, 1.54) is 0 Å². The minimum atomic E-state index is -1.42. The first-order valence-corrected chi connectivity index (χ1v) is 8.11. The maximum Gasteiger partial charge on any atom is 0.549 e. The zero-order valence-corrected chi connectivity index (χ0v) is 14.9. The van der Waals surface area contributed by atoms with Crippen LogP contribution < -0.4 is 0 Å². The number of hydrogen-bond donors (Lipinski definition) is 1. The van der Waals surface area contributed by atoms with Crippen LogP contribution in [0.15, 0.2) is 0 Å². The molecule has 114 valence electrons. The Balaban J connectivity index is 0. The molecular formula is C15H32O3Si. The van der Waals surface area contributed by atoms with Gasteiger partial charge in [0.15, 0.2) is 0 Å². The molecule has 0 amide bonds. The van der Waals surface area contributed by atoms with Crippen LogP contribution in [0.2, 0.25) is 0 Å². The zero-order valence-electron chi connectivity index (χ0n) is 13.9. The van der Waals surface area contributed by atoms with Gasteiger partial charge in [-0.25, -0.2) is 0 Å². The summed E-state index contributed by atoms with van der Waals surface area (Å²) in [5, 5.41) is 10.7. The largest absolute Gasteiger partial charge is 0.549 e. The second-order valence-electron chi connectivity index (χ2n) is 6.37. The summed E-state index contributed by atoms with van der Waals surface area (Å²) in [6, 6.07) is 0. The van der Waals surface area contributed by atoms with E-state index in [1.54, 1.807) is 0 Å². The van der Waals surface area contributed by atoms with Crippen molar-refractivity contribution in [2.24, 2.45) is 29.6 Å². The smallest absolute Gasteiger partial charge is 0.390 e. The Morgan fingerprint density at radius 2 is 1.37 bits per heavy atom. The molecule has 0 fully saturated rings. The Morgan fingerprint density at radius 1 is 1.00 bits per heavy atom. The van der Waals surface area contributed by atoms with Crippen LogP contribution >= 0.6 is 0 Å². The van der Waals surface area contributed by atoms with Crippen LogP contribution in [0, 0.1) is 29.6 Å². The molecule has 1 N–H and O–H groups in total. The van der Waals surface area contributed by atoms with Crippen LogP contribution in [0.4, 0.5) is 0 Å². The SMILES string of the molecule is CCC(C)C(C)(O)C(C)C(C)C(C)C(C)C.O=[Si]=O. The lowest BCUT2D eigenvalue weighted by Crippen LogP contribution is -2.44. The Bertz CT molecular complexity index is 271. The maximum absolute atomic E-state index is 10.7. The highest BCUT2D eigenvalue weighted by Crippen LogP contribution is 2.37. The molecule has 5 atom stereocenters. The first-order valence-electron chi connectivity index (χ1n) is 7.29. The third-order valence-electron chi connectivity index (χ3n) is 5.20. The normalized spacial score (nSPS) is 20.3. The minimum Gasteiger partial charge on any atom is -0.390 e. The summed E-state index contributed by atoms with van der Waals surface area (Å²) in [6.07, 6.45) is 1.04. The highest BCUT2D eigenvalue weighted by atomic mass is 28.2. The lowest BCUT2D eigenvalue weighted by molar-refractivity contribution is -0.0710. The minimum absolute atomic E-state index is 0.347. The van der Waals surface area contributed by atoms with Gasteiger partial charge in [-0.15, -0.1) is 0 Å². The fourth-order valence-electron chi connectivity index (χ4n) is 2.46. The summed E-state index contributed by atoms with van der Waals surface area (Å²) in [7, 11) is -1.42. The Morgan fingerprint density at radius 3 is 1.63 bits per heavy atom. The van der Waals surface area contributed by atoms with Crippen molar-refractivity contribution in [3.05, 3.63) is 0 Å². The first kappa shape index (κ1) is 21.1. The molecule has 0 aliphatic carbocycles. The lowest BCUT2D eigenvalue weighted by Gasteiger charge is -2.41. The van der Waals surface area contributed by atoms with Gasteiger partial charge in [0, 0.05) is 0 Å². The summed E-state index contributed by atoms with van der Waals surface area (Å²) >= 11 is 0. The lowest BCUT2D eigenvalue weighted by atomic mass is 9.68. The topological polar surface area (TPSA) is 54.4 Å². The van der Waals surface area contributed by atoms with Gasteiger partial charge >= 0.3 is 9.29 Å². The highest BCUT2D eigenvalue weighted by molar-refractivity contribution is 5.94. The summed E-state index contributed by atoms with van der Waals surface area (Å²) in [6.45, 7) is 17.7. The van der Waals surface area contributed by atoms with Crippen molar-refractivity contribution in [3.8, 4) is 0 Å². The third-order valence-corrected chi connectivity index (χ3v) is 5.20. The second-order valence-corrected chi connectivity index (χ2v) is 6.54. The zero-order chi connectivity index (χ0) is 15.8. The molecule has 0 aliphatic heterocycles. The predicted octanol–water partition coefficient (Wildman–Crippen LogP) is 3.73. The molecule has 0 spiro atoms. The monoisotopic (exact) mass is 288 g/mol. The molecule has 0 bridgehead atoms. The molecular weight excluding hydrogens is 256 g/mol. The molecule has 0 aromatic rings. The van der Waals surface area contributed by atoms with Crippen LogP contribution in [-0.4, -0.2) is 20.0 Å². The maximum atomic E-state index is 10.7. The Kier molecular flexibility index (Phi) is 10.7. The predicted molar refractivity (Wildman–Crippen MR) is 79.5 cm³/mol. The summed E-state index contributed by atoms with van der Waals surface area (Å²) in [5.74, 6) is 2.61. The molecule has 3 nitrogen and oxygen atoms in total. The fraction of sp³-hybridized carbons (Fsp3) is 1.00. The van der Waals surface area contributed by atoms with Crippen molar-refractivity contribution in [1.29, 1.82) is 0 Å². The van der Waals surface area contributed by atoms with Crippen molar-refractivity contribution in [1.82, 2.24) is 0 Å². The van der Waals surface area contributed by atoms with Gasteiger partial charge in [0.25, 0.3) is 0 Å². The fourth-order valence-corrected chi connectivity index (χ4v) is 2.46.